The van der Waals surface area contributed by atoms with Crippen LogP contribution in [0.2, 0.25) is 0 Å². The van der Waals surface area contributed by atoms with E-state index in [1.807, 2.05) is 75.4 Å². The van der Waals surface area contributed by atoms with Gasteiger partial charge < -0.3 is 10.1 Å². The summed E-state index contributed by atoms with van der Waals surface area (Å²) >= 11 is 0. The molecule has 0 aliphatic carbocycles. The van der Waals surface area contributed by atoms with Gasteiger partial charge >= 0.3 is 0 Å². The van der Waals surface area contributed by atoms with Gasteiger partial charge in [-0.2, -0.15) is 0 Å². The molecule has 1 aromatic heterocycles. The molecule has 0 saturated heterocycles. The van der Waals surface area contributed by atoms with Crippen molar-refractivity contribution in [3.05, 3.63) is 89.5 Å². The Morgan fingerprint density at radius 3 is 2.42 bits per heavy atom. The number of aryl methyl sites for hydroxylation is 3. The average Bonchev–Trinajstić information content (AvgIpc) is 3.22. The number of hydrogen-bond donors (Lipinski definition) is 1. The van der Waals surface area contributed by atoms with Crippen molar-refractivity contribution in [1.29, 1.82) is 0 Å². The zero-order valence-electron chi connectivity index (χ0n) is 18.8. The highest BCUT2D eigenvalue weighted by Crippen LogP contribution is 2.25. The molecule has 5 aromatic rings. The standard InChI is InChI=1S/C27H24N4O2/c1-17-11-12-21(13-18(17)2)33-16-27(32)28-23-15-25-24(14-19(23)3)29-31(30-25)26-10-6-8-20-7-4-5-9-22(20)26/h4-15H,16H2,1-3H3,(H,28,32). The Labute approximate surface area is 191 Å². The maximum Gasteiger partial charge on any atom is 0.262 e. The van der Waals surface area contributed by atoms with Crippen LogP contribution in [0.5, 0.6) is 5.75 Å². The summed E-state index contributed by atoms with van der Waals surface area (Å²) in [5.74, 6) is 0.454. The topological polar surface area (TPSA) is 69.0 Å². The van der Waals surface area contributed by atoms with Crippen LogP contribution in [0, 0.1) is 20.8 Å². The number of rotatable bonds is 5. The van der Waals surface area contributed by atoms with Crippen molar-refractivity contribution in [2.75, 3.05) is 11.9 Å². The van der Waals surface area contributed by atoms with E-state index in [0.717, 1.165) is 33.1 Å². The van der Waals surface area contributed by atoms with Crippen LogP contribution in [-0.4, -0.2) is 27.5 Å². The molecular formula is C27H24N4O2. The van der Waals surface area contributed by atoms with E-state index in [4.69, 9.17) is 4.74 Å². The zero-order valence-corrected chi connectivity index (χ0v) is 18.8. The minimum Gasteiger partial charge on any atom is -0.484 e. The summed E-state index contributed by atoms with van der Waals surface area (Å²) in [4.78, 5) is 14.2. The number of nitrogens with zero attached hydrogens (tertiary/aromatic N) is 3. The molecule has 0 aliphatic rings. The largest absolute Gasteiger partial charge is 0.484 e. The first-order valence-electron chi connectivity index (χ1n) is 10.8. The summed E-state index contributed by atoms with van der Waals surface area (Å²) in [6.07, 6.45) is 0. The molecule has 0 aliphatic heterocycles. The SMILES string of the molecule is Cc1ccc(OCC(=O)Nc2cc3nn(-c4cccc5ccccc45)nc3cc2C)cc1C. The van der Waals surface area contributed by atoms with Gasteiger partial charge in [-0.25, -0.2) is 0 Å². The maximum atomic E-state index is 12.5. The van der Waals surface area contributed by atoms with Crippen molar-refractivity contribution < 1.29 is 9.53 Å². The first-order valence-corrected chi connectivity index (χ1v) is 10.8. The van der Waals surface area contributed by atoms with Gasteiger partial charge in [0.15, 0.2) is 6.61 Å². The smallest absolute Gasteiger partial charge is 0.262 e. The van der Waals surface area contributed by atoms with Gasteiger partial charge in [0.05, 0.1) is 5.69 Å². The van der Waals surface area contributed by atoms with Crippen molar-refractivity contribution in [3.8, 4) is 11.4 Å². The molecule has 0 radical (unpaired) electrons. The van der Waals surface area contributed by atoms with Crippen molar-refractivity contribution in [3.63, 3.8) is 0 Å². The lowest BCUT2D eigenvalue weighted by atomic mass is 10.1. The molecule has 1 N–H and O–H groups in total. The van der Waals surface area contributed by atoms with E-state index in [0.29, 0.717) is 17.0 Å². The van der Waals surface area contributed by atoms with Crippen LogP contribution in [0.15, 0.2) is 72.8 Å². The number of ether oxygens (including phenoxy) is 1. The molecule has 6 heteroatoms. The number of carbonyl (C=O) groups is 1. The Morgan fingerprint density at radius 2 is 1.61 bits per heavy atom. The fourth-order valence-electron chi connectivity index (χ4n) is 3.83. The third-order valence-corrected chi connectivity index (χ3v) is 5.83. The Balaban J connectivity index is 1.37. The second-order valence-electron chi connectivity index (χ2n) is 8.23. The third-order valence-electron chi connectivity index (χ3n) is 5.83. The van der Waals surface area contributed by atoms with Gasteiger partial charge in [-0.3, -0.25) is 4.79 Å². The lowest BCUT2D eigenvalue weighted by Gasteiger charge is -2.10. The van der Waals surface area contributed by atoms with Crippen LogP contribution in [0.1, 0.15) is 16.7 Å². The highest BCUT2D eigenvalue weighted by Gasteiger charge is 2.12. The number of carbonyl (C=O) groups excluding carboxylic acids is 1. The summed E-state index contributed by atoms with van der Waals surface area (Å²) in [6.45, 7) is 5.94. The summed E-state index contributed by atoms with van der Waals surface area (Å²) < 4.78 is 5.66. The Kier molecular flexibility index (Phi) is 5.26. The molecule has 33 heavy (non-hydrogen) atoms. The van der Waals surface area contributed by atoms with Crippen molar-refractivity contribution >= 4 is 33.4 Å². The Morgan fingerprint density at radius 1 is 0.848 bits per heavy atom. The number of nitrogens with one attached hydrogen (secondary N) is 1. The molecular weight excluding hydrogens is 412 g/mol. The normalized spacial score (nSPS) is 11.1. The van der Waals surface area contributed by atoms with Gasteiger partial charge in [0.2, 0.25) is 0 Å². The second-order valence-corrected chi connectivity index (χ2v) is 8.23. The van der Waals surface area contributed by atoms with Gasteiger partial charge in [-0.15, -0.1) is 15.0 Å². The second kappa shape index (κ2) is 8.39. The summed E-state index contributed by atoms with van der Waals surface area (Å²) in [6, 6.07) is 23.8. The van der Waals surface area contributed by atoms with E-state index in [1.54, 1.807) is 4.80 Å². The number of aromatic nitrogens is 3. The molecule has 5 rings (SSSR count). The Bertz CT molecular complexity index is 1500. The van der Waals surface area contributed by atoms with E-state index >= 15 is 0 Å². The van der Waals surface area contributed by atoms with Crippen LogP contribution in [0.4, 0.5) is 5.69 Å². The highest BCUT2D eigenvalue weighted by atomic mass is 16.5. The molecule has 1 amide bonds. The number of hydrogen-bond acceptors (Lipinski definition) is 4. The van der Waals surface area contributed by atoms with Gasteiger partial charge in [0, 0.05) is 11.1 Å². The number of benzene rings is 4. The van der Waals surface area contributed by atoms with E-state index in [-0.39, 0.29) is 12.5 Å². The van der Waals surface area contributed by atoms with Crippen molar-refractivity contribution in [2.24, 2.45) is 0 Å². The van der Waals surface area contributed by atoms with Gasteiger partial charge in [0.1, 0.15) is 16.8 Å². The molecule has 4 aromatic carbocycles. The maximum absolute atomic E-state index is 12.5. The lowest BCUT2D eigenvalue weighted by molar-refractivity contribution is -0.118. The molecule has 0 unspecified atom stereocenters. The van der Waals surface area contributed by atoms with Crippen molar-refractivity contribution in [2.45, 2.75) is 20.8 Å². The molecule has 0 fully saturated rings. The first-order chi connectivity index (χ1) is 16.0. The minimum atomic E-state index is -0.225. The molecule has 0 spiro atoms. The van der Waals surface area contributed by atoms with Crippen LogP contribution < -0.4 is 10.1 Å². The molecule has 0 bridgehead atoms. The van der Waals surface area contributed by atoms with E-state index < -0.39 is 0 Å². The molecule has 1 heterocycles. The average molecular weight is 437 g/mol. The molecule has 6 nitrogen and oxygen atoms in total. The van der Waals surface area contributed by atoms with Crippen LogP contribution in [0.25, 0.3) is 27.5 Å². The van der Waals surface area contributed by atoms with Crippen LogP contribution in [0.3, 0.4) is 0 Å². The molecule has 0 atom stereocenters. The fraction of sp³-hybridized carbons (Fsp3) is 0.148. The zero-order chi connectivity index (χ0) is 22.9. The Hall–Kier alpha value is -4.19. The minimum absolute atomic E-state index is 0.0668. The number of anilines is 1. The third kappa shape index (κ3) is 4.15. The summed E-state index contributed by atoms with van der Waals surface area (Å²) in [5, 5.41) is 14.5. The van der Waals surface area contributed by atoms with Crippen LogP contribution in [-0.2, 0) is 4.79 Å². The quantitative estimate of drug-likeness (QED) is 0.394. The van der Waals surface area contributed by atoms with Gasteiger partial charge in [-0.1, -0.05) is 42.5 Å². The fourth-order valence-corrected chi connectivity index (χ4v) is 3.83. The predicted octanol–water partition coefficient (Wildman–Crippen LogP) is 5.52. The van der Waals surface area contributed by atoms with Gasteiger partial charge in [0.25, 0.3) is 5.91 Å². The lowest BCUT2D eigenvalue weighted by Crippen LogP contribution is -2.20. The van der Waals surface area contributed by atoms with Crippen LogP contribution >= 0.6 is 0 Å². The number of fused-ring (bicyclic) bond motifs is 2. The molecule has 164 valence electrons. The van der Waals surface area contributed by atoms with Crippen molar-refractivity contribution in [1.82, 2.24) is 15.0 Å². The van der Waals surface area contributed by atoms with E-state index in [2.05, 4.69) is 33.7 Å². The first kappa shape index (κ1) is 20.7. The summed E-state index contributed by atoms with van der Waals surface area (Å²) in [5.41, 5.74) is 6.31. The van der Waals surface area contributed by atoms with E-state index in [9.17, 15) is 4.79 Å². The van der Waals surface area contributed by atoms with E-state index in [1.165, 1.54) is 5.56 Å². The molecule has 0 saturated carbocycles. The summed E-state index contributed by atoms with van der Waals surface area (Å²) in [7, 11) is 0. The van der Waals surface area contributed by atoms with Gasteiger partial charge in [-0.05, 0) is 73.2 Å². The number of amides is 1. The predicted molar refractivity (Wildman–Crippen MR) is 131 cm³/mol. The highest BCUT2D eigenvalue weighted by molar-refractivity contribution is 5.95. The monoisotopic (exact) mass is 436 g/mol.